The average Bonchev–Trinajstić information content (AvgIpc) is 2.85. The third-order valence-electron chi connectivity index (χ3n) is 5.28. The number of para-hydroxylation sites is 2. The number of aryl methyl sites for hydroxylation is 1. The number of carbonyl (C=O) groups is 1. The van der Waals surface area contributed by atoms with Crippen LogP contribution in [0.15, 0.2) is 71.6 Å². The molecule has 3 aromatic carbocycles. The van der Waals surface area contributed by atoms with Gasteiger partial charge in [0.25, 0.3) is 0 Å². The topological polar surface area (TPSA) is 82.2 Å². The summed E-state index contributed by atoms with van der Waals surface area (Å²) in [7, 11) is 1.91. The van der Waals surface area contributed by atoms with Gasteiger partial charge >= 0.3 is 0 Å². The smallest absolute Gasteiger partial charge is 0.238 e. The molecule has 7 nitrogen and oxygen atoms in total. The molecule has 0 aliphatic heterocycles. The molecule has 0 bridgehead atoms. The number of halogens is 1. The fraction of sp³-hybridized carbons (Fsp3) is 0.192. The number of hydrogen-bond acceptors (Lipinski definition) is 7. The molecule has 0 aliphatic carbocycles. The first kappa shape index (κ1) is 24.8. The van der Waals surface area contributed by atoms with E-state index in [2.05, 4.69) is 15.4 Å². The van der Waals surface area contributed by atoms with E-state index in [0.717, 1.165) is 39.4 Å². The molecule has 180 valence electrons. The second kappa shape index (κ2) is 11.4. The van der Waals surface area contributed by atoms with Crippen LogP contribution in [-0.2, 0) is 4.79 Å². The summed E-state index contributed by atoms with van der Waals surface area (Å²) in [5.74, 6) is 1.09. The van der Waals surface area contributed by atoms with Crippen molar-refractivity contribution in [1.82, 2.24) is 14.9 Å². The second-order valence-corrected chi connectivity index (χ2v) is 9.42. The summed E-state index contributed by atoms with van der Waals surface area (Å²) in [6.45, 7) is 5.18. The number of rotatable bonds is 9. The van der Waals surface area contributed by atoms with Gasteiger partial charge in [0.05, 0.1) is 28.3 Å². The summed E-state index contributed by atoms with van der Waals surface area (Å²) in [5.41, 5.74) is 4.12. The van der Waals surface area contributed by atoms with Gasteiger partial charge in [-0.3, -0.25) is 9.69 Å². The predicted molar refractivity (Wildman–Crippen MR) is 147 cm³/mol. The van der Waals surface area contributed by atoms with E-state index in [9.17, 15) is 4.79 Å². The Morgan fingerprint density at radius 1 is 1.00 bits per heavy atom. The molecule has 0 saturated heterocycles. The van der Waals surface area contributed by atoms with E-state index in [1.165, 1.54) is 11.9 Å². The fourth-order valence-electron chi connectivity index (χ4n) is 3.32. The minimum absolute atomic E-state index is 0.0497. The van der Waals surface area contributed by atoms with Crippen molar-refractivity contribution >= 4 is 63.5 Å². The monoisotopic (exact) mass is 506 g/mol. The zero-order chi connectivity index (χ0) is 24.8. The summed E-state index contributed by atoms with van der Waals surface area (Å²) >= 11 is 7.80. The largest absolute Gasteiger partial charge is 0.336 e. The van der Waals surface area contributed by atoms with Crippen LogP contribution in [-0.4, -0.2) is 40.9 Å². The van der Waals surface area contributed by atoms with E-state index in [4.69, 9.17) is 21.6 Å². The predicted octanol–water partition coefficient (Wildman–Crippen LogP) is 6.34. The Hall–Kier alpha value is -3.33. The Kier molecular flexibility index (Phi) is 8.07. The van der Waals surface area contributed by atoms with Gasteiger partial charge in [0.1, 0.15) is 0 Å². The summed E-state index contributed by atoms with van der Waals surface area (Å²) in [5, 5.41) is 6.88. The van der Waals surface area contributed by atoms with Gasteiger partial charge in [-0.25, -0.2) is 9.97 Å². The van der Waals surface area contributed by atoms with Crippen LogP contribution < -0.4 is 15.4 Å². The normalized spacial score (nSPS) is 11.0. The van der Waals surface area contributed by atoms with Crippen molar-refractivity contribution in [3.05, 3.63) is 77.3 Å². The number of benzene rings is 3. The van der Waals surface area contributed by atoms with E-state index < -0.39 is 0 Å². The summed E-state index contributed by atoms with van der Waals surface area (Å²) in [6.07, 6.45) is 0. The molecule has 9 heteroatoms. The average molecular weight is 507 g/mol. The highest BCUT2D eigenvalue weighted by Gasteiger charge is 2.12. The Balaban J connectivity index is 1.55. The number of carbonyl (C=O) groups excluding carboxylic acids is 1. The SMILES string of the molecule is CCN(C)CC(=O)Nc1cccc(SNc2nc3ccccc3nc2Nc2cc(C)ccc2Cl)c1. The maximum Gasteiger partial charge on any atom is 0.238 e. The van der Waals surface area contributed by atoms with E-state index in [0.29, 0.717) is 23.2 Å². The maximum atomic E-state index is 12.3. The number of aromatic nitrogens is 2. The third kappa shape index (κ3) is 6.63. The molecule has 1 heterocycles. The lowest BCUT2D eigenvalue weighted by Crippen LogP contribution is -2.29. The van der Waals surface area contributed by atoms with Crippen molar-refractivity contribution in [1.29, 1.82) is 0 Å². The highest BCUT2D eigenvalue weighted by Crippen LogP contribution is 2.32. The van der Waals surface area contributed by atoms with Gasteiger partial charge in [-0.15, -0.1) is 0 Å². The molecule has 3 N–H and O–H groups in total. The second-order valence-electron chi connectivity index (χ2n) is 8.13. The van der Waals surface area contributed by atoms with Crippen LogP contribution in [0.5, 0.6) is 0 Å². The summed E-state index contributed by atoms with van der Waals surface area (Å²) in [4.78, 5) is 24.7. The molecule has 0 atom stereocenters. The zero-order valence-electron chi connectivity index (χ0n) is 19.8. The summed E-state index contributed by atoms with van der Waals surface area (Å²) in [6, 6.07) is 21.1. The minimum Gasteiger partial charge on any atom is -0.336 e. The van der Waals surface area contributed by atoms with Gasteiger partial charge in [-0.1, -0.05) is 42.8 Å². The van der Waals surface area contributed by atoms with Crippen LogP contribution in [0, 0.1) is 6.92 Å². The molecular formula is C26H27ClN6OS. The molecule has 0 saturated carbocycles. The molecule has 4 aromatic rings. The van der Waals surface area contributed by atoms with E-state index >= 15 is 0 Å². The standard InChI is InChI=1S/C26H27ClN6OS/c1-4-33(3)16-24(34)28-18-8-7-9-19(15-18)35-32-26-25(29-21-10-5-6-11-22(21)30-26)31-23-14-17(2)12-13-20(23)27/h5-15H,4,16H2,1-3H3,(H,28,34)(H,29,31)(H,30,32). The molecule has 1 aromatic heterocycles. The fourth-order valence-corrected chi connectivity index (χ4v) is 4.18. The van der Waals surface area contributed by atoms with Crippen molar-refractivity contribution in [2.75, 3.05) is 35.5 Å². The molecule has 0 radical (unpaired) electrons. The van der Waals surface area contributed by atoms with Crippen LogP contribution in [0.1, 0.15) is 12.5 Å². The number of hydrogen-bond donors (Lipinski definition) is 3. The van der Waals surface area contributed by atoms with Gasteiger partial charge in [0.15, 0.2) is 11.6 Å². The lowest BCUT2D eigenvalue weighted by atomic mass is 10.2. The Labute approximate surface area is 214 Å². The molecule has 1 amide bonds. The van der Waals surface area contributed by atoms with Crippen molar-refractivity contribution < 1.29 is 4.79 Å². The highest BCUT2D eigenvalue weighted by molar-refractivity contribution is 8.00. The van der Waals surface area contributed by atoms with Gasteiger partial charge in [-0.05, 0) is 80.5 Å². The molecule has 0 fully saturated rings. The number of anilines is 4. The third-order valence-corrected chi connectivity index (χ3v) is 6.40. The minimum atomic E-state index is -0.0497. The first-order valence-corrected chi connectivity index (χ1v) is 12.4. The van der Waals surface area contributed by atoms with E-state index in [1.807, 2.05) is 92.5 Å². The molecule has 0 spiro atoms. The van der Waals surface area contributed by atoms with Crippen LogP contribution >= 0.6 is 23.5 Å². The number of nitrogens with one attached hydrogen (secondary N) is 3. The number of likely N-dealkylation sites (N-methyl/N-ethyl adjacent to an activating group) is 1. The van der Waals surface area contributed by atoms with Crippen LogP contribution in [0.2, 0.25) is 5.02 Å². The van der Waals surface area contributed by atoms with Gasteiger partial charge in [0.2, 0.25) is 5.91 Å². The van der Waals surface area contributed by atoms with E-state index in [1.54, 1.807) is 0 Å². The van der Waals surface area contributed by atoms with Crippen molar-refractivity contribution in [2.45, 2.75) is 18.7 Å². The first-order valence-electron chi connectivity index (χ1n) is 11.2. The van der Waals surface area contributed by atoms with Crippen molar-refractivity contribution in [3.8, 4) is 0 Å². The quantitative estimate of drug-likeness (QED) is 0.228. The van der Waals surface area contributed by atoms with Gasteiger partial charge in [-0.2, -0.15) is 0 Å². The lowest BCUT2D eigenvalue weighted by molar-refractivity contribution is -0.117. The number of fused-ring (bicyclic) bond motifs is 1. The van der Waals surface area contributed by atoms with Crippen LogP contribution in [0.25, 0.3) is 11.0 Å². The summed E-state index contributed by atoms with van der Waals surface area (Å²) < 4.78 is 3.31. The molecule has 4 rings (SSSR count). The van der Waals surface area contributed by atoms with Crippen molar-refractivity contribution in [2.24, 2.45) is 0 Å². The first-order chi connectivity index (χ1) is 16.9. The Bertz CT molecular complexity index is 1350. The number of amides is 1. The highest BCUT2D eigenvalue weighted by atomic mass is 35.5. The zero-order valence-corrected chi connectivity index (χ0v) is 21.4. The number of nitrogens with zero attached hydrogens (tertiary/aromatic N) is 3. The Morgan fingerprint density at radius 3 is 2.49 bits per heavy atom. The van der Waals surface area contributed by atoms with Gasteiger partial charge in [0, 0.05) is 10.6 Å². The van der Waals surface area contributed by atoms with Crippen molar-refractivity contribution in [3.63, 3.8) is 0 Å². The van der Waals surface area contributed by atoms with E-state index in [-0.39, 0.29) is 5.91 Å². The Morgan fingerprint density at radius 2 is 1.74 bits per heavy atom. The maximum absolute atomic E-state index is 12.3. The molecule has 0 aliphatic rings. The van der Waals surface area contributed by atoms with Crippen LogP contribution in [0.3, 0.4) is 0 Å². The lowest BCUT2D eigenvalue weighted by Gasteiger charge is -2.15. The van der Waals surface area contributed by atoms with Crippen LogP contribution in [0.4, 0.5) is 23.0 Å². The molecular weight excluding hydrogens is 480 g/mol. The molecule has 0 unspecified atom stereocenters. The molecule has 35 heavy (non-hydrogen) atoms. The van der Waals surface area contributed by atoms with Gasteiger partial charge < -0.3 is 15.4 Å².